The van der Waals surface area contributed by atoms with Crippen LogP contribution in [0.4, 0.5) is 70.2 Å². The highest BCUT2D eigenvalue weighted by Gasteiger charge is 2.76. The minimum Gasteiger partial charge on any atom is -0.454 e. The Balaban J connectivity index is -0.000000457. The fourth-order valence-corrected chi connectivity index (χ4v) is 3.19. The van der Waals surface area contributed by atoms with Crippen LogP contribution in [-0.4, -0.2) is 129 Å². The molecule has 0 saturated carbocycles. The second-order valence-electron chi connectivity index (χ2n) is 18.8. The standard InChI is InChI=1S/C12H19F3O4.C11H13F7O4.C11H17F3O4.C10H15F3O4/c1-6-10(2,3)9(17)18-7-8(16)19-11(4,5)12(13,14)15;1-4-8(2,3)7(20)21-5-6(19)22-9(12,10(13,14)15)11(16,17)18;1-5-10(3,4)9(16)17-6-8(15)18-7(2)11(12,13)14;1-4-9(2,3)8(15)16-5-7(14)17-6-10(11,12)13/h6-7H2,1-5H3;4-5H2,1-3H3;7H,5-6H2,1-4H3;4-6H2,1-3H3. The topological polar surface area (TPSA) is 210 Å². The van der Waals surface area contributed by atoms with Crippen LogP contribution in [0.2, 0.25) is 0 Å². The molecule has 0 radical (unpaired) electrons. The zero-order chi connectivity index (χ0) is 61.7. The normalized spacial score (nSPS) is 13.2. The molecule has 0 spiro atoms. The summed E-state index contributed by atoms with van der Waals surface area (Å²) >= 11 is 0. The van der Waals surface area contributed by atoms with Gasteiger partial charge in [0.25, 0.3) is 0 Å². The van der Waals surface area contributed by atoms with E-state index in [0.717, 1.165) is 13.8 Å². The van der Waals surface area contributed by atoms with Gasteiger partial charge in [0.05, 0.1) is 21.7 Å². The first-order chi connectivity index (χ1) is 33.5. The summed E-state index contributed by atoms with van der Waals surface area (Å²) in [5.74, 6) is -15.2. The second kappa shape index (κ2) is 30.0. The monoisotopic (exact) mass is 1150 g/mol. The Kier molecular flexibility index (Phi) is 30.4. The number of halogens is 16. The maximum atomic E-state index is 13.0. The smallest absolute Gasteiger partial charge is 0.454 e. The van der Waals surface area contributed by atoms with Gasteiger partial charge in [-0.25, -0.2) is 19.2 Å². The molecule has 0 aliphatic heterocycles. The van der Waals surface area contributed by atoms with Gasteiger partial charge in [-0.2, -0.15) is 70.2 Å². The first kappa shape index (κ1) is 77.1. The van der Waals surface area contributed by atoms with Crippen LogP contribution in [0.1, 0.15) is 130 Å². The average Bonchev–Trinajstić information content (AvgIpc) is 3.26. The van der Waals surface area contributed by atoms with E-state index in [1.54, 1.807) is 69.2 Å². The van der Waals surface area contributed by atoms with Crippen molar-refractivity contribution in [1.29, 1.82) is 0 Å². The quantitative estimate of drug-likeness (QED) is 0.0630. The van der Waals surface area contributed by atoms with Crippen molar-refractivity contribution in [2.45, 2.75) is 178 Å². The van der Waals surface area contributed by atoms with Crippen LogP contribution in [0.3, 0.4) is 0 Å². The van der Waals surface area contributed by atoms with E-state index >= 15 is 0 Å². The minimum atomic E-state index is -6.53. The fraction of sp³-hybridized carbons (Fsp3) is 0.818. The molecule has 0 N–H and O–H groups in total. The maximum absolute atomic E-state index is 13.0. The van der Waals surface area contributed by atoms with E-state index in [2.05, 4.69) is 37.9 Å². The molecule has 448 valence electrons. The van der Waals surface area contributed by atoms with Crippen molar-refractivity contribution < 1.29 is 146 Å². The predicted octanol–water partition coefficient (Wildman–Crippen LogP) is 10.7. The SMILES string of the molecule is CCC(C)(C)C(=O)OCC(=O)OC(C)(C)C(F)(F)F.CCC(C)(C)C(=O)OCC(=O)OC(C)C(F)(F)F.CCC(C)(C)C(=O)OCC(=O)OC(F)(C(F)(F)F)C(F)(F)F.CCC(C)(C)C(=O)OCC(=O)OCC(F)(F)F. The Bertz CT molecular complexity index is 1880. The molecule has 0 aromatic carbocycles. The Morgan fingerprint density at radius 3 is 0.868 bits per heavy atom. The molecule has 0 amide bonds. The van der Waals surface area contributed by atoms with E-state index < -0.39 is 151 Å². The van der Waals surface area contributed by atoms with Crippen LogP contribution >= 0.6 is 0 Å². The van der Waals surface area contributed by atoms with Crippen molar-refractivity contribution in [3.05, 3.63) is 0 Å². The maximum Gasteiger partial charge on any atom is 0.470 e. The lowest BCUT2D eigenvalue weighted by Gasteiger charge is -2.29. The molecule has 32 heteroatoms. The van der Waals surface area contributed by atoms with E-state index in [-0.39, 0.29) is 6.42 Å². The lowest BCUT2D eigenvalue weighted by molar-refractivity contribution is -0.417. The third-order valence-electron chi connectivity index (χ3n) is 10.2. The van der Waals surface area contributed by atoms with Crippen molar-refractivity contribution in [2.75, 3.05) is 33.0 Å². The van der Waals surface area contributed by atoms with Gasteiger partial charge in [0.1, 0.15) is 0 Å². The first-order valence-electron chi connectivity index (χ1n) is 22.0. The van der Waals surface area contributed by atoms with Gasteiger partial charge >= 0.3 is 84.5 Å². The molecular weight excluding hydrogens is 1090 g/mol. The Labute approximate surface area is 426 Å². The van der Waals surface area contributed by atoms with Gasteiger partial charge < -0.3 is 37.9 Å². The summed E-state index contributed by atoms with van der Waals surface area (Å²) in [6.07, 6.45) is -27.5. The summed E-state index contributed by atoms with van der Waals surface area (Å²) in [5, 5.41) is 0. The number of hydrogen-bond acceptors (Lipinski definition) is 16. The zero-order valence-corrected chi connectivity index (χ0v) is 44.0. The summed E-state index contributed by atoms with van der Waals surface area (Å²) in [7, 11) is 0. The van der Waals surface area contributed by atoms with E-state index in [9.17, 15) is 109 Å². The predicted molar refractivity (Wildman–Crippen MR) is 227 cm³/mol. The van der Waals surface area contributed by atoms with Crippen LogP contribution in [0.25, 0.3) is 0 Å². The minimum absolute atomic E-state index is 0.221. The van der Waals surface area contributed by atoms with Crippen LogP contribution in [-0.2, 0) is 76.3 Å². The van der Waals surface area contributed by atoms with E-state index in [1.807, 2.05) is 0 Å². The summed E-state index contributed by atoms with van der Waals surface area (Å²) in [5.41, 5.74) is -6.09. The molecular formula is C44H64F16O16. The average molecular weight is 1150 g/mol. The van der Waals surface area contributed by atoms with Gasteiger partial charge in [-0.15, -0.1) is 0 Å². The van der Waals surface area contributed by atoms with Gasteiger partial charge in [-0.05, 0) is 102 Å². The van der Waals surface area contributed by atoms with Crippen molar-refractivity contribution >= 4 is 47.8 Å². The van der Waals surface area contributed by atoms with E-state index in [4.69, 9.17) is 0 Å². The molecule has 0 saturated heterocycles. The summed E-state index contributed by atoms with van der Waals surface area (Å²) in [4.78, 5) is 89.7. The number of ether oxygens (including phenoxy) is 8. The van der Waals surface area contributed by atoms with E-state index in [0.29, 0.717) is 26.2 Å². The van der Waals surface area contributed by atoms with Gasteiger partial charge in [0, 0.05) is 0 Å². The van der Waals surface area contributed by atoms with E-state index in [1.165, 1.54) is 13.8 Å². The highest BCUT2D eigenvalue weighted by molar-refractivity contribution is 5.82. The van der Waals surface area contributed by atoms with Crippen molar-refractivity contribution in [3.63, 3.8) is 0 Å². The van der Waals surface area contributed by atoms with Gasteiger partial charge in [0.2, 0.25) is 5.60 Å². The van der Waals surface area contributed by atoms with Gasteiger partial charge in [-0.3, -0.25) is 19.2 Å². The highest BCUT2D eigenvalue weighted by atomic mass is 19.4. The number of alkyl halides is 16. The number of hydrogen-bond donors (Lipinski definition) is 0. The molecule has 1 atom stereocenters. The third-order valence-corrected chi connectivity index (χ3v) is 10.2. The molecule has 0 rings (SSSR count). The van der Waals surface area contributed by atoms with Gasteiger partial charge in [-0.1, -0.05) is 27.7 Å². The van der Waals surface area contributed by atoms with Crippen LogP contribution in [0, 0.1) is 21.7 Å². The summed E-state index contributed by atoms with van der Waals surface area (Å²) in [6.45, 7) is 15.6. The molecule has 1 unspecified atom stereocenters. The summed E-state index contributed by atoms with van der Waals surface area (Å²) < 4.78 is 227. The van der Waals surface area contributed by atoms with Crippen LogP contribution in [0.15, 0.2) is 0 Å². The largest absolute Gasteiger partial charge is 0.470 e. The van der Waals surface area contributed by atoms with Crippen molar-refractivity contribution in [2.24, 2.45) is 21.7 Å². The molecule has 0 aliphatic carbocycles. The molecule has 0 fully saturated rings. The Morgan fingerprint density at radius 1 is 0.368 bits per heavy atom. The fourth-order valence-electron chi connectivity index (χ4n) is 3.19. The Morgan fingerprint density at radius 2 is 0.632 bits per heavy atom. The number of carbonyl (C=O) groups excluding carboxylic acids is 8. The molecule has 76 heavy (non-hydrogen) atoms. The highest BCUT2D eigenvalue weighted by Crippen LogP contribution is 2.47. The van der Waals surface area contributed by atoms with Crippen molar-refractivity contribution in [1.82, 2.24) is 0 Å². The number of rotatable bonds is 20. The Hall–Kier alpha value is -5.36. The van der Waals surface area contributed by atoms with Crippen LogP contribution in [0.5, 0.6) is 0 Å². The summed E-state index contributed by atoms with van der Waals surface area (Å²) in [6, 6.07) is 0. The molecule has 16 nitrogen and oxygen atoms in total. The lowest BCUT2D eigenvalue weighted by Crippen LogP contribution is -2.56. The van der Waals surface area contributed by atoms with Crippen molar-refractivity contribution in [3.8, 4) is 0 Å². The van der Waals surface area contributed by atoms with Gasteiger partial charge in [0.15, 0.2) is 39.1 Å². The number of esters is 8. The molecule has 0 aromatic heterocycles. The molecule has 0 heterocycles. The lowest BCUT2D eigenvalue weighted by atomic mass is 9.91. The molecule has 0 bridgehead atoms. The second-order valence-corrected chi connectivity index (χ2v) is 18.8. The van der Waals surface area contributed by atoms with Crippen LogP contribution < -0.4 is 0 Å². The first-order valence-corrected chi connectivity index (χ1v) is 22.0. The molecule has 0 aromatic rings. The third kappa shape index (κ3) is 29.2. The zero-order valence-electron chi connectivity index (χ0n) is 44.0. The molecule has 0 aliphatic rings. The number of carbonyl (C=O) groups is 8.